The van der Waals surface area contributed by atoms with Crippen LogP contribution in [0.25, 0.3) is 0 Å². The Hall–Kier alpha value is 0.620. The van der Waals surface area contributed by atoms with E-state index in [0.29, 0.717) is 0 Å². The van der Waals surface area contributed by atoms with Crippen LogP contribution in [0.15, 0.2) is 30.1 Å². The van der Waals surface area contributed by atoms with Gasteiger partial charge in [0.1, 0.15) is 0 Å². The van der Waals surface area contributed by atoms with Crippen LogP contribution < -0.4 is 0 Å². The molecule has 14 heavy (non-hydrogen) atoms. The minimum atomic E-state index is 1.43. The molecule has 2 heterocycles. The van der Waals surface area contributed by atoms with E-state index in [1.165, 1.54) is 34.2 Å². The van der Waals surface area contributed by atoms with Gasteiger partial charge in [0.2, 0.25) is 0 Å². The van der Waals surface area contributed by atoms with Crippen molar-refractivity contribution in [3.8, 4) is 0 Å². The van der Waals surface area contributed by atoms with Crippen molar-refractivity contribution in [1.29, 1.82) is 0 Å². The molecule has 0 aromatic rings. The Kier molecular flexibility index (Phi) is 4.97. The molecule has 0 aromatic heterocycles. The highest BCUT2D eigenvalue weighted by Gasteiger charge is 2.12. The van der Waals surface area contributed by atoms with Crippen LogP contribution in [0.5, 0.6) is 0 Å². The van der Waals surface area contributed by atoms with Crippen LogP contribution >= 0.6 is 47.0 Å². The van der Waals surface area contributed by atoms with E-state index in [2.05, 4.69) is 21.6 Å². The lowest BCUT2D eigenvalue weighted by atomic mass is 10.0. The summed E-state index contributed by atoms with van der Waals surface area (Å²) < 4.78 is 2.86. The lowest BCUT2D eigenvalue weighted by molar-refractivity contribution is 0.504. The highest BCUT2D eigenvalue weighted by atomic mass is 32.2. The van der Waals surface area contributed by atoms with E-state index in [0.717, 1.165) is 0 Å². The summed E-state index contributed by atoms with van der Waals surface area (Å²) in [7, 11) is 0. The van der Waals surface area contributed by atoms with Crippen LogP contribution in [0.2, 0.25) is 0 Å². The minimum absolute atomic E-state index is 1.43. The van der Waals surface area contributed by atoms with Gasteiger partial charge in [0.25, 0.3) is 0 Å². The summed E-state index contributed by atoms with van der Waals surface area (Å²) in [6.45, 7) is 0. The molecule has 0 N–H and O–H groups in total. The van der Waals surface area contributed by atoms with Crippen LogP contribution in [0, 0.1) is 0 Å². The summed E-state index contributed by atoms with van der Waals surface area (Å²) in [5.74, 6) is 0. The molecule has 0 amide bonds. The second-order valence-corrected chi connectivity index (χ2v) is 7.19. The predicted octanol–water partition coefficient (Wildman–Crippen LogP) is 5.58. The summed E-state index contributed by atoms with van der Waals surface area (Å²) >= 11 is 7.28. The predicted molar refractivity (Wildman–Crippen MR) is 74.1 cm³/mol. The topological polar surface area (TPSA) is 0 Å². The van der Waals surface area contributed by atoms with Gasteiger partial charge in [-0.1, -0.05) is 72.7 Å². The molecule has 3 rings (SSSR count). The second kappa shape index (κ2) is 6.26. The van der Waals surface area contributed by atoms with E-state index in [9.17, 15) is 0 Å². The Bertz CT molecular complexity index is 226. The molecule has 1 fully saturated rings. The fourth-order valence-electron chi connectivity index (χ4n) is 0.856. The van der Waals surface area contributed by atoms with Crippen LogP contribution in [0.1, 0.15) is 25.7 Å². The van der Waals surface area contributed by atoms with Crippen LogP contribution in [0.4, 0.5) is 0 Å². The Morgan fingerprint density at radius 2 is 0.857 bits per heavy atom. The number of hydrogen-bond acceptors (Lipinski definition) is 4. The third-order valence-electron chi connectivity index (χ3n) is 1.98. The Morgan fingerprint density at radius 1 is 0.571 bits per heavy atom. The second-order valence-electron chi connectivity index (χ2n) is 3.00. The van der Waals surface area contributed by atoms with E-state index >= 15 is 0 Å². The molecule has 1 aliphatic carbocycles. The third kappa shape index (κ3) is 3.33. The van der Waals surface area contributed by atoms with Crippen molar-refractivity contribution in [2.45, 2.75) is 25.7 Å². The summed E-state index contributed by atoms with van der Waals surface area (Å²) in [5, 5.41) is 8.53. The standard InChI is InChI=1S/C6H4S4.C4H8/c1-2-8-5(7-1)6-9-3-4-10-6;1-2-4-3-1/h1-4H;1-4H2. The average molecular weight is 260 g/mol. The van der Waals surface area contributed by atoms with Gasteiger partial charge in [-0.3, -0.25) is 0 Å². The van der Waals surface area contributed by atoms with Crippen LogP contribution in [0.3, 0.4) is 0 Å². The lowest BCUT2D eigenvalue weighted by Crippen LogP contribution is -1.85. The normalized spacial score (nSPS) is 23.4. The molecule has 4 heteroatoms. The van der Waals surface area contributed by atoms with Gasteiger partial charge < -0.3 is 0 Å². The van der Waals surface area contributed by atoms with Gasteiger partial charge in [-0.05, 0) is 21.6 Å². The first kappa shape index (κ1) is 11.1. The van der Waals surface area contributed by atoms with Crippen LogP contribution in [-0.4, -0.2) is 0 Å². The molecule has 0 spiro atoms. The summed E-state index contributed by atoms with van der Waals surface area (Å²) in [6.07, 6.45) is 6.00. The first-order valence-corrected chi connectivity index (χ1v) is 8.19. The lowest BCUT2D eigenvalue weighted by Gasteiger charge is -2.05. The zero-order chi connectivity index (χ0) is 9.64. The molecule has 0 radical (unpaired) electrons. The van der Waals surface area contributed by atoms with Gasteiger partial charge in [-0.2, -0.15) is 0 Å². The third-order valence-corrected chi connectivity index (χ3v) is 6.76. The summed E-state index contributed by atoms with van der Waals surface area (Å²) in [4.78, 5) is 0. The van der Waals surface area contributed by atoms with Gasteiger partial charge in [0.15, 0.2) is 0 Å². The zero-order valence-electron chi connectivity index (χ0n) is 7.77. The molecule has 0 atom stereocenters. The van der Waals surface area contributed by atoms with Crippen molar-refractivity contribution in [3.63, 3.8) is 0 Å². The highest BCUT2D eigenvalue weighted by Crippen LogP contribution is 2.50. The molecular weight excluding hydrogens is 248 g/mol. The maximum absolute atomic E-state index is 2.13. The number of thioether (sulfide) groups is 4. The van der Waals surface area contributed by atoms with Crippen molar-refractivity contribution in [2.75, 3.05) is 0 Å². The number of hydrogen-bond donors (Lipinski definition) is 0. The SMILES string of the molecule is C1=CSC(=C2SC=CS2)S1.C1CCC1. The first-order chi connectivity index (χ1) is 6.97. The van der Waals surface area contributed by atoms with E-state index in [1.807, 2.05) is 47.0 Å². The average Bonchev–Trinajstić information content (AvgIpc) is 2.73. The van der Waals surface area contributed by atoms with E-state index in [1.54, 1.807) is 0 Å². The van der Waals surface area contributed by atoms with Crippen molar-refractivity contribution in [3.05, 3.63) is 30.1 Å². The fourth-order valence-corrected chi connectivity index (χ4v) is 4.89. The van der Waals surface area contributed by atoms with Crippen molar-refractivity contribution in [2.24, 2.45) is 0 Å². The summed E-state index contributed by atoms with van der Waals surface area (Å²) in [5.41, 5.74) is 0. The molecule has 1 saturated carbocycles. The molecular formula is C10H12S4. The Morgan fingerprint density at radius 3 is 1.07 bits per heavy atom. The van der Waals surface area contributed by atoms with E-state index in [4.69, 9.17) is 0 Å². The first-order valence-electron chi connectivity index (χ1n) is 4.68. The molecule has 0 aromatic carbocycles. The molecule has 2 aliphatic heterocycles. The summed E-state index contributed by atoms with van der Waals surface area (Å²) in [6, 6.07) is 0. The van der Waals surface area contributed by atoms with Gasteiger partial charge in [0, 0.05) is 0 Å². The van der Waals surface area contributed by atoms with Gasteiger partial charge in [-0.15, -0.1) is 0 Å². The molecule has 0 nitrogen and oxygen atoms in total. The Balaban J connectivity index is 0.000000157. The number of rotatable bonds is 0. The quantitative estimate of drug-likeness (QED) is 0.557. The van der Waals surface area contributed by atoms with E-state index in [-0.39, 0.29) is 0 Å². The fraction of sp³-hybridized carbons (Fsp3) is 0.400. The van der Waals surface area contributed by atoms with Crippen molar-refractivity contribution >= 4 is 47.0 Å². The molecule has 0 saturated heterocycles. The molecule has 76 valence electrons. The highest BCUT2D eigenvalue weighted by molar-refractivity contribution is 8.33. The van der Waals surface area contributed by atoms with Crippen LogP contribution in [-0.2, 0) is 0 Å². The largest absolute Gasteiger partial charge is 0.0884 e. The smallest absolute Gasteiger partial charge is 0.0694 e. The van der Waals surface area contributed by atoms with Gasteiger partial charge in [-0.25, -0.2) is 0 Å². The molecule has 3 aliphatic rings. The monoisotopic (exact) mass is 260 g/mol. The molecule has 0 bridgehead atoms. The van der Waals surface area contributed by atoms with E-state index < -0.39 is 0 Å². The maximum Gasteiger partial charge on any atom is 0.0694 e. The minimum Gasteiger partial charge on any atom is -0.0884 e. The van der Waals surface area contributed by atoms with Gasteiger partial charge >= 0.3 is 0 Å². The van der Waals surface area contributed by atoms with Crippen molar-refractivity contribution < 1.29 is 0 Å². The Labute approximate surface area is 102 Å². The van der Waals surface area contributed by atoms with Gasteiger partial charge in [0.05, 0.1) is 8.47 Å². The zero-order valence-corrected chi connectivity index (χ0v) is 11.0. The van der Waals surface area contributed by atoms with Crippen molar-refractivity contribution in [1.82, 2.24) is 0 Å². The maximum atomic E-state index is 2.13. The molecule has 0 unspecified atom stereocenters.